The minimum Gasteiger partial charge on any atom is -0.381 e. The molecule has 5 heteroatoms. The second-order valence-electron chi connectivity index (χ2n) is 8.82. The summed E-state index contributed by atoms with van der Waals surface area (Å²) in [6.45, 7) is 11.4. The zero-order valence-electron chi connectivity index (χ0n) is 21.1. The van der Waals surface area contributed by atoms with Crippen LogP contribution in [0, 0.1) is 0 Å². The van der Waals surface area contributed by atoms with Gasteiger partial charge in [0.05, 0.1) is 39.3 Å². The predicted molar refractivity (Wildman–Crippen MR) is 139 cm³/mol. The number of nitrogens with two attached hydrogens (primary N) is 1. The molecule has 5 nitrogen and oxygen atoms in total. The molecule has 2 aromatic carbocycles. The van der Waals surface area contributed by atoms with Gasteiger partial charge in [0.15, 0.2) is 12.3 Å². The second-order valence-corrected chi connectivity index (χ2v) is 8.82. The molecule has 2 aromatic rings. The smallest absolute Gasteiger partial charge is 0.185 e. The van der Waals surface area contributed by atoms with Crippen LogP contribution in [0.15, 0.2) is 55.1 Å². The third-order valence-electron chi connectivity index (χ3n) is 6.50. The Hall–Kier alpha value is -2.31. The molecule has 0 aromatic heterocycles. The average molecular weight is 467 g/mol. The molecule has 0 aliphatic carbocycles. The number of hydrogen-bond donors (Lipinski definition) is 1. The number of ether oxygens (including phenoxy) is 3. The summed E-state index contributed by atoms with van der Waals surface area (Å²) in [6.07, 6.45) is 3.90. The number of fused-ring (bicyclic) bond motifs is 1. The van der Waals surface area contributed by atoms with E-state index >= 15 is 0 Å². The zero-order chi connectivity index (χ0) is 24.0. The number of quaternary nitrogens is 1. The monoisotopic (exact) mass is 466 g/mol. The van der Waals surface area contributed by atoms with Gasteiger partial charge >= 0.3 is 0 Å². The Balaban J connectivity index is 1.49. The molecule has 0 radical (unpaired) electrons. The number of nitrogens with zero attached hydrogens (tertiary/aromatic N) is 1. The summed E-state index contributed by atoms with van der Waals surface area (Å²) in [6, 6.07) is 17.4. The third-order valence-corrected chi connectivity index (χ3v) is 6.50. The van der Waals surface area contributed by atoms with E-state index in [1.807, 2.05) is 0 Å². The van der Waals surface area contributed by atoms with Crippen LogP contribution in [0.2, 0.25) is 0 Å². The Morgan fingerprint density at radius 1 is 0.912 bits per heavy atom. The quantitative estimate of drug-likeness (QED) is 0.306. The molecule has 184 valence electrons. The maximum Gasteiger partial charge on any atom is 0.185 e. The van der Waals surface area contributed by atoms with Crippen LogP contribution in [-0.2, 0) is 27.1 Å². The molecule has 0 bridgehead atoms. The SMILES string of the molecule is C=C(CCOCCC1=[N+](CCOC)CCc2ccccc21)c1ccccc1CC[NH2+]CCOC. The Labute approximate surface area is 205 Å². The highest BCUT2D eigenvalue weighted by molar-refractivity contribution is 5.98. The van der Waals surface area contributed by atoms with E-state index in [9.17, 15) is 0 Å². The van der Waals surface area contributed by atoms with Gasteiger partial charge in [0.25, 0.3) is 0 Å². The van der Waals surface area contributed by atoms with E-state index in [0.717, 1.165) is 77.3 Å². The largest absolute Gasteiger partial charge is 0.381 e. The highest BCUT2D eigenvalue weighted by Gasteiger charge is 2.24. The summed E-state index contributed by atoms with van der Waals surface area (Å²) < 4.78 is 19.0. The van der Waals surface area contributed by atoms with Crippen LogP contribution in [0.1, 0.15) is 35.1 Å². The van der Waals surface area contributed by atoms with E-state index in [1.165, 1.54) is 28.0 Å². The van der Waals surface area contributed by atoms with E-state index in [2.05, 4.69) is 65.0 Å². The Kier molecular flexibility index (Phi) is 11.5. The van der Waals surface area contributed by atoms with Crippen LogP contribution in [0.25, 0.3) is 5.57 Å². The van der Waals surface area contributed by atoms with Crippen LogP contribution >= 0.6 is 0 Å². The van der Waals surface area contributed by atoms with Crippen LogP contribution < -0.4 is 5.32 Å². The zero-order valence-corrected chi connectivity index (χ0v) is 21.1. The van der Waals surface area contributed by atoms with Gasteiger partial charge in [-0.05, 0) is 34.8 Å². The summed E-state index contributed by atoms with van der Waals surface area (Å²) >= 11 is 0. The first-order valence-electron chi connectivity index (χ1n) is 12.6. The van der Waals surface area contributed by atoms with Crippen molar-refractivity contribution in [1.29, 1.82) is 0 Å². The molecule has 2 N–H and O–H groups in total. The van der Waals surface area contributed by atoms with Gasteiger partial charge in [-0.25, -0.2) is 4.58 Å². The van der Waals surface area contributed by atoms with Gasteiger partial charge < -0.3 is 19.5 Å². The topological polar surface area (TPSA) is 47.3 Å². The minimum atomic E-state index is 0.695. The standard InChI is InChI=1S/C29H41N2O3/c1-24(27-10-6-4-8-25(27)12-16-30-17-22-32-2)14-20-34-21-15-29-28-11-7-5-9-26(28)13-18-31(29)19-23-33-3/h4-11,30H,1,12-23H2,2-3H3/q+1/p+1. The summed E-state index contributed by atoms with van der Waals surface area (Å²) in [5.41, 5.74) is 7.99. The van der Waals surface area contributed by atoms with Gasteiger partial charge in [-0.2, -0.15) is 0 Å². The van der Waals surface area contributed by atoms with Crippen molar-refractivity contribution in [1.82, 2.24) is 0 Å². The van der Waals surface area contributed by atoms with Gasteiger partial charge in [0, 0.05) is 32.6 Å². The molecule has 34 heavy (non-hydrogen) atoms. The van der Waals surface area contributed by atoms with Gasteiger partial charge in [0.1, 0.15) is 13.2 Å². The molecule has 0 amide bonds. The molecule has 0 saturated heterocycles. The Morgan fingerprint density at radius 3 is 2.56 bits per heavy atom. The maximum absolute atomic E-state index is 6.10. The predicted octanol–water partition coefficient (Wildman–Crippen LogP) is 2.95. The third kappa shape index (κ3) is 7.88. The van der Waals surface area contributed by atoms with Crippen molar-refractivity contribution in [3.63, 3.8) is 0 Å². The van der Waals surface area contributed by atoms with Crippen molar-refractivity contribution in [3.05, 3.63) is 77.4 Å². The van der Waals surface area contributed by atoms with E-state index in [-0.39, 0.29) is 0 Å². The van der Waals surface area contributed by atoms with Crippen molar-refractivity contribution < 1.29 is 24.1 Å². The molecule has 1 aliphatic heterocycles. The fraction of sp³-hybridized carbons (Fsp3) is 0.483. The van der Waals surface area contributed by atoms with Crippen molar-refractivity contribution in [2.24, 2.45) is 0 Å². The molecule has 3 rings (SSSR count). The van der Waals surface area contributed by atoms with Gasteiger partial charge in [0.2, 0.25) is 0 Å². The van der Waals surface area contributed by atoms with Gasteiger partial charge in [-0.3, -0.25) is 0 Å². The Bertz CT molecular complexity index is 938. The molecular formula is C29H42N2O3+2. The minimum absolute atomic E-state index is 0.695. The van der Waals surface area contributed by atoms with Crippen LogP contribution in [0.3, 0.4) is 0 Å². The van der Waals surface area contributed by atoms with Crippen LogP contribution in [-0.4, -0.2) is 77.1 Å². The molecule has 1 heterocycles. The second kappa shape index (κ2) is 14.8. The van der Waals surface area contributed by atoms with Crippen LogP contribution in [0.5, 0.6) is 0 Å². The highest BCUT2D eigenvalue weighted by atomic mass is 16.5. The van der Waals surface area contributed by atoms with Gasteiger partial charge in [-0.15, -0.1) is 0 Å². The molecule has 0 atom stereocenters. The number of methoxy groups -OCH3 is 2. The lowest BCUT2D eigenvalue weighted by molar-refractivity contribution is -0.655. The fourth-order valence-corrected chi connectivity index (χ4v) is 4.61. The van der Waals surface area contributed by atoms with Gasteiger partial charge in [-0.1, -0.05) is 49.0 Å². The lowest BCUT2D eigenvalue weighted by atomic mass is 9.95. The van der Waals surface area contributed by atoms with E-state index in [4.69, 9.17) is 14.2 Å². The van der Waals surface area contributed by atoms with E-state index in [0.29, 0.717) is 6.61 Å². The number of rotatable bonds is 16. The molecular weight excluding hydrogens is 424 g/mol. The molecule has 0 fully saturated rings. The summed E-state index contributed by atoms with van der Waals surface area (Å²) in [5, 5.41) is 2.31. The average Bonchev–Trinajstić information content (AvgIpc) is 2.87. The summed E-state index contributed by atoms with van der Waals surface area (Å²) in [5.74, 6) is 0. The van der Waals surface area contributed by atoms with E-state index < -0.39 is 0 Å². The van der Waals surface area contributed by atoms with Crippen molar-refractivity contribution in [2.75, 3.05) is 66.8 Å². The molecule has 0 saturated carbocycles. The summed E-state index contributed by atoms with van der Waals surface area (Å²) in [7, 11) is 3.52. The first-order valence-corrected chi connectivity index (χ1v) is 12.6. The highest BCUT2D eigenvalue weighted by Crippen LogP contribution is 2.21. The number of hydrogen-bond acceptors (Lipinski definition) is 3. The number of benzene rings is 2. The normalized spacial score (nSPS) is 13.2. The van der Waals surface area contributed by atoms with Crippen molar-refractivity contribution in [2.45, 2.75) is 25.7 Å². The van der Waals surface area contributed by atoms with Crippen LogP contribution in [0.4, 0.5) is 0 Å². The fourth-order valence-electron chi connectivity index (χ4n) is 4.61. The molecule has 0 unspecified atom stereocenters. The first kappa shape index (κ1) is 26.3. The molecule has 1 aliphatic rings. The molecule has 0 spiro atoms. The summed E-state index contributed by atoms with van der Waals surface area (Å²) in [4.78, 5) is 0. The maximum atomic E-state index is 6.10. The first-order chi connectivity index (χ1) is 16.7. The Morgan fingerprint density at radius 2 is 1.71 bits per heavy atom. The van der Waals surface area contributed by atoms with Crippen molar-refractivity contribution >= 4 is 11.3 Å². The lowest BCUT2D eigenvalue weighted by Gasteiger charge is -2.19. The lowest BCUT2D eigenvalue weighted by Crippen LogP contribution is -2.85. The van der Waals surface area contributed by atoms with E-state index in [1.54, 1.807) is 14.2 Å². The van der Waals surface area contributed by atoms with Crippen molar-refractivity contribution in [3.8, 4) is 0 Å².